The minimum absolute atomic E-state index is 0.478. The van der Waals surface area contributed by atoms with Gasteiger partial charge < -0.3 is 10.4 Å². The molecule has 1 aromatic carbocycles. The molecule has 4 heterocycles. The Morgan fingerprint density at radius 3 is 2.53 bits per heavy atom. The summed E-state index contributed by atoms with van der Waals surface area (Å²) in [6.07, 6.45) is 5.67. The number of hydrogen-bond acceptors (Lipinski definition) is 5. The third kappa shape index (κ3) is 3.38. The minimum atomic E-state index is -1.09. The van der Waals surface area contributed by atoms with Crippen LogP contribution in [0.4, 0.5) is 16.3 Å². The predicted octanol–water partition coefficient (Wildman–Crippen LogP) is 4.76. The summed E-state index contributed by atoms with van der Waals surface area (Å²) in [7, 11) is 3.65. The molecule has 0 aliphatic carbocycles. The third-order valence-electron chi connectivity index (χ3n) is 5.23. The summed E-state index contributed by atoms with van der Waals surface area (Å²) in [6, 6.07) is 11.0. The second-order valence-corrected chi connectivity index (χ2v) is 7.75. The molecular formula is C22H18ClN7O2. The number of aryl methyl sites for hydroxylation is 2. The number of benzene rings is 1. The second-order valence-electron chi connectivity index (χ2n) is 7.34. The number of nitrogens with one attached hydrogen (secondary N) is 1. The molecule has 0 spiro atoms. The van der Waals surface area contributed by atoms with Gasteiger partial charge in [-0.2, -0.15) is 10.2 Å². The van der Waals surface area contributed by atoms with Crippen molar-refractivity contribution in [3.8, 4) is 22.5 Å². The first-order chi connectivity index (χ1) is 15.4. The van der Waals surface area contributed by atoms with Crippen molar-refractivity contribution >= 4 is 40.1 Å². The van der Waals surface area contributed by atoms with Crippen LogP contribution < -0.4 is 5.32 Å². The largest absolute Gasteiger partial charge is 0.464 e. The highest BCUT2D eigenvalue weighted by Gasteiger charge is 2.18. The molecule has 9 nitrogen and oxygen atoms in total. The van der Waals surface area contributed by atoms with Crippen LogP contribution in [0, 0.1) is 0 Å². The predicted molar refractivity (Wildman–Crippen MR) is 122 cm³/mol. The van der Waals surface area contributed by atoms with Gasteiger partial charge in [0.05, 0.1) is 33.8 Å². The molecule has 0 saturated heterocycles. The normalized spacial score (nSPS) is 11.2. The number of halogens is 1. The van der Waals surface area contributed by atoms with Gasteiger partial charge in [0.2, 0.25) is 0 Å². The Bertz CT molecular complexity index is 1480. The number of nitrogens with zero attached hydrogens (tertiary/aromatic N) is 6. The van der Waals surface area contributed by atoms with Gasteiger partial charge in [0.25, 0.3) is 0 Å². The Morgan fingerprint density at radius 1 is 1.03 bits per heavy atom. The first kappa shape index (κ1) is 19.8. The Kier molecular flexibility index (Phi) is 4.67. The zero-order chi connectivity index (χ0) is 22.4. The quantitative estimate of drug-likeness (QED) is 0.411. The van der Waals surface area contributed by atoms with E-state index in [0.29, 0.717) is 38.7 Å². The van der Waals surface area contributed by atoms with Gasteiger partial charge in [-0.1, -0.05) is 17.7 Å². The van der Waals surface area contributed by atoms with Crippen LogP contribution in [0.25, 0.3) is 33.4 Å². The number of anilines is 2. The van der Waals surface area contributed by atoms with Crippen LogP contribution in [-0.4, -0.2) is 40.3 Å². The molecule has 160 valence electrons. The van der Waals surface area contributed by atoms with Crippen LogP contribution in [0.15, 0.2) is 61.2 Å². The summed E-state index contributed by atoms with van der Waals surface area (Å²) in [6.45, 7) is 0. The van der Waals surface area contributed by atoms with Crippen LogP contribution >= 0.6 is 11.6 Å². The summed E-state index contributed by atoms with van der Waals surface area (Å²) >= 11 is 6.51. The van der Waals surface area contributed by atoms with E-state index in [9.17, 15) is 9.90 Å². The molecule has 0 saturated carbocycles. The molecule has 2 N–H and O–H groups in total. The van der Waals surface area contributed by atoms with Crippen molar-refractivity contribution in [2.45, 2.75) is 0 Å². The summed E-state index contributed by atoms with van der Waals surface area (Å²) < 4.78 is 4.63. The van der Waals surface area contributed by atoms with Gasteiger partial charge in [-0.15, -0.1) is 0 Å². The van der Waals surface area contributed by atoms with Gasteiger partial charge >= 0.3 is 6.09 Å². The number of rotatable bonds is 4. The highest BCUT2D eigenvalue weighted by atomic mass is 35.5. The number of hydrogen-bond donors (Lipinski definition) is 2. The van der Waals surface area contributed by atoms with Crippen LogP contribution in [0.5, 0.6) is 0 Å². The molecule has 5 aromatic rings. The average molecular weight is 448 g/mol. The van der Waals surface area contributed by atoms with E-state index in [0.717, 1.165) is 11.3 Å². The van der Waals surface area contributed by atoms with E-state index in [2.05, 4.69) is 20.5 Å². The molecule has 4 aromatic heterocycles. The molecule has 0 radical (unpaired) electrons. The molecule has 0 bridgehead atoms. The maximum Gasteiger partial charge on any atom is 0.416 e. The van der Waals surface area contributed by atoms with Gasteiger partial charge in [-0.3, -0.25) is 9.36 Å². The lowest BCUT2D eigenvalue weighted by Gasteiger charge is -2.10. The lowest BCUT2D eigenvalue weighted by Crippen LogP contribution is -2.09. The highest BCUT2D eigenvalue weighted by Crippen LogP contribution is 2.32. The monoisotopic (exact) mass is 447 g/mol. The fourth-order valence-corrected chi connectivity index (χ4v) is 3.94. The van der Waals surface area contributed by atoms with E-state index in [1.807, 2.05) is 31.3 Å². The Morgan fingerprint density at radius 2 is 1.88 bits per heavy atom. The summed E-state index contributed by atoms with van der Waals surface area (Å²) in [5, 5.41) is 22.6. The summed E-state index contributed by atoms with van der Waals surface area (Å²) in [4.78, 5) is 16.5. The van der Waals surface area contributed by atoms with Crippen molar-refractivity contribution in [3.63, 3.8) is 0 Å². The molecule has 10 heteroatoms. The van der Waals surface area contributed by atoms with Crippen molar-refractivity contribution in [1.29, 1.82) is 0 Å². The van der Waals surface area contributed by atoms with Gasteiger partial charge in [0.15, 0.2) is 0 Å². The molecule has 0 amide bonds. The maximum absolute atomic E-state index is 12.0. The molecule has 0 unspecified atom stereocenters. The number of carboxylic acid groups (broad SMARTS) is 1. The zero-order valence-corrected chi connectivity index (χ0v) is 17.9. The summed E-state index contributed by atoms with van der Waals surface area (Å²) in [5.74, 6) is 0.478. The molecule has 0 aliphatic rings. The number of pyridine rings is 1. The van der Waals surface area contributed by atoms with E-state index in [1.165, 1.54) is 4.57 Å². The first-order valence-electron chi connectivity index (χ1n) is 9.69. The second kappa shape index (κ2) is 7.54. The van der Waals surface area contributed by atoms with E-state index >= 15 is 0 Å². The van der Waals surface area contributed by atoms with Gasteiger partial charge in [-0.25, -0.2) is 14.3 Å². The molecule has 32 heavy (non-hydrogen) atoms. The smallest absolute Gasteiger partial charge is 0.416 e. The van der Waals surface area contributed by atoms with Crippen LogP contribution in [0.1, 0.15) is 0 Å². The minimum Gasteiger partial charge on any atom is -0.464 e. The molecule has 5 rings (SSSR count). The fraction of sp³-hybridized carbons (Fsp3) is 0.0909. The lowest BCUT2D eigenvalue weighted by molar-refractivity contribution is 0.198. The highest BCUT2D eigenvalue weighted by molar-refractivity contribution is 6.33. The van der Waals surface area contributed by atoms with E-state index < -0.39 is 6.09 Å². The molecule has 0 aliphatic heterocycles. The lowest BCUT2D eigenvalue weighted by atomic mass is 10.1. The van der Waals surface area contributed by atoms with Gasteiger partial charge in [0.1, 0.15) is 5.82 Å². The van der Waals surface area contributed by atoms with Crippen LogP contribution in [0.2, 0.25) is 5.02 Å². The molecular weight excluding hydrogens is 430 g/mol. The van der Waals surface area contributed by atoms with Crippen molar-refractivity contribution in [2.75, 3.05) is 5.32 Å². The van der Waals surface area contributed by atoms with Crippen molar-refractivity contribution < 1.29 is 9.90 Å². The average Bonchev–Trinajstić information content (AvgIpc) is 3.47. The third-order valence-corrected chi connectivity index (χ3v) is 5.54. The number of aromatic nitrogens is 6. The SMILES string of the molecule is Cn1cc(-c2cc3cnc(Nc4ccc(-c5ccnn5C)cc4Cl)cc3n2C(=O)O)cn1. The van der Waals surface area contributed by atoms with E-state index in [4.69, 9.17) is 11.6 Å². The Labute approximate surface area is 187 Å². The van der Waals surface area contributed by atoms with Crippen LogP contribution in [0.3, 0.4) is 0 Å². The van der Waals surface area contributed by atoms with Gasteiger partial charge in [-0.05, 0) is 24.3 Å². The van der Waals surface area contributed by atoms with Crippen LogP contribution in [-0.2, 0) is 14.1 Å². The summed E-state index contributed by atoms with van der Waals surface area (Å²) in [5.41, 5.74) is 4.28. The molecule has 0 atom stereocenters. The topological polar surface area (TPSA) is 103 Å². The van der Waals surface area contributed by atoms with Crippen molar-refractivity contribution in [2.24, 2.45) is 14.1 Å². The maximum atomic E-state index is 12.0. The number of fused-ring (bicyclic) bond motifs is 1. The first-order valence-corrected chi connectivity index (χ1v) is 10.1. The van der Waals surface area contributed by atoms with Crippen molar-refractivity contribution in [1.82, 2.24) is 29.1 Å². The number of carbonyl (C=O) groups is 1. The van der Waals surface area contributed by atoms with Crippen molar-refractivity contribution in [3.05, 3.63) is 66.2 Å². The van der Waals surface area contributed by atoms with Gasteiger partial charge in [0, 0.05) is 55.3 Å². The Balaban J connectivity index is 1.52. The molecule has 0 fully saturated rings. The van der Waals surface area contributed by atoms with E-state index in [-0.39, 0.29) is 0 Å². The Hall–Kier alpha value is -4.11. The fourth-order valence-electron chi connectivity index (χ4n) is 3.71. The van der Waals surface area contributed by atoms with E-state index in [1.54, 1.807) is 53.3 Å². The standard InChI is InChI=1S/C22H18ClN7O2/c1-28-12-15(11-26-28)19-8-14-10-24-21(9-20(14)30(19)22(31)32)27-17-4-3-13(7-16(17)23)18-5-6-25-29(18)2/h3-12H,1-2H3,(H,24,27)(H,31,32). The zero-order valence-electron chi connectivity index (χ0n) is 17.2.